The monoisotopic (exact) mass is 440 g/mol. The van der Waals surface area contributed by atoms with Crippen LogP contribution in [0.3, 0.4) is 0 Å². The van der Waals surface area contributed by atoms with Gasteiger partial charge in [0, 0.05) is 6.20 Å². The molecule has 0 radical (unpaired) electrons. The number of nitrogens with one attached hydrogen (secondary N) is 1. The van der Waals surface area contributed by atoms with Gasteiger partial charge < -0.3 is 15.0 Å². The minimum atomic E-state index is -0.661. The number of anilines is 2. The predicted molar refractivity (Wildman–Crippen MR) is 137 cm³/mol. The minimum absolute atomic E-state index is 0.131. The van der Waals surface area contributed by atoms with Crippen molar-refractivity contribution in [2.75, 3.05) is 11.4 Å². The molecule has 0 fully saturated rings. The molecule has 14 heteroatoms. The van der Waals surface area contributed by atoms with Gasteiger partial charge in [0.05, 0.1) is 36.3 Å². The lowest BCUT2D eigenvalue weighted by molar-refractivity contribution is 0.0933. The number of nitriles is 1. The molecule has 0 unspecified atom stereocenters. The maximum atomic E-state index is 14.9. The molecule has 33 heavy (non-hydrogen) atoms. The third-order valence-corrected chi connectivity index (χ3v) is 6.53. The van der Waals surface area contributed by atoms with E-state index in [0.29, 0.717) is 28.5 Å². The van der Waals surface area contributed by atoms with E-state index in [9.17, 15) is 14.4 Å². The molecule has 1 atom stereocenters. The Morgan fingerprint density at radius 1 is 1.27 bits per heavy atom. The number of amides is 1. The Balaban J connectivity index is 2.13. The molecule has 8 nitrogen and oxygen atoms in total. The van der Waals surface area contributed by atoms with Gasteiger partial charge in [-0.1, -0.05) is 0 Å². The first kappa shape index (κ1) is 22.8. The standard InChI is InChI=1S/C19H22B5FN6O2/c1-9-7-27-17(32)11-8-28-30-5-4-14(29-16(11)30)31(19(23,24)18(20,21)22)15-10(6-26)12(25)2-3-13(15)33-9/h2-5,8-9H,7,20-24H2,1H3,(H,27,32)/t9-/m0/s1. The van der Waals surface area contributed by atoms with Gasteiger partial charge in [-0.25, -0.2) is 13.9 Å². The number of ether oxygens (including phenoxy) is 1. The molecule has 0 spiro atoms. The summed E-state index contributed by atoms with van der Waals surface area (Å²) in [5.41, 5.74) is 0.853. The predicted octanol–water partition coefficient (Wildman–Crippen LogP) is -2.72. The number of halogens is 1. The summed E-state index contributed by atoms with van der Waals surface area (Å²) in [6.07, 6.45) is 2.72. The Hall–Kier alpha value is -3.35. The topological polar surface area (TPSA) is 95.6 Å². The zero-order valence-corrected chi connectivity index (χ0v) is 19.6. The highest BCUT2D eigenvalue weighted by molar-refractivity contribution is 6.68. The lowest BCUT2D eigenvalue weighted by Gasteiger charge is -2.50. The fourth-order valence-corrected chi connectivity index (χ4v) is 3.72. The Kier molecular flexibility index (Phi) is 5.47. The number of nitrogens with zero attached hydrogens (tertiary/aromatic N) is 5. The number of rotatable bonds is 2. The molecule has 1 amide bonds. The summed E-state index contributed by atoms with van der Waals surface area (Å²) >= 11 is 0. The van der Waals surface area contributed by atoms with Gasteiger partial charge in [-0.15, -0.1) is 5.11 Å². The van der Waals surface area contributed by atoms with Crippen molar-refractivity contribution in [3.63, 3.8) is 0 Å². The van der Waals surface area contributed by atoms with Crippen molar-refractivity contribution in [3.8, 4) is 11.8 Å². The van der Waals surface area contributed by atoms with Crippen LogP contribution in [0, 0.1) is 17.1 Å². The number of hydrogen-bond acceptors (Lipinski definition) is 6. The Morgan fingerprint density at radius 2 is 2.00 bits per heavy atom. The first-order valence-electron chi connectivity index (χ1n) is 10.8. The summed E-state index contributed by atoms with van der Waals surface area (Å²) in [5.74, 6) is -0.182. The second kappa shape index (κ2) is 7.90. The summed E-state index contributed by atoms with van der Waals surface area (Å²) in [5, 5.41) is 16.0. The van der Waals surface area contributed by atoms with Gasteiger partial charge in [0.15, 0.2) is 5.65 Å². The van der Waals surface area contributed by atoms with Gasteiger partial charge in [0.1, 0.15) is 62.1 Å². The third-order valence-electron chi connectivity index (χ3n) is 6.53. The zero-order chi connectivity index (χ0) is 24.1. The highest BCUT2D eigenvalue weighted by Crippen LogP contribution is 2.45. The lowest BCUT2D eigenvalue weighted by atomic mass is 9.26. The molecule has 1 aromatic carbocycles. The van der Waals surface area contributed by atoms with Gasteiger partial charge in [0.25, 0.3) is 5.91 Å². The van der Waals surface area contributed by atoms with E-state index in [0.717, 1.165) is 0 Å². The highest BCUT2D eigenvalue weighted by Gasteiger charge is 2.42. The lowest BCUT2D eigenvalue weighted by Crippen LogP contribution is -2.58. The normalized spacial score (nSPS) is 16.8. The summed E-state index contributed by atoms with van der Waals surface area (Å²) < 4.78 is 22.6. The maximum absolute atomic E-state index is 14.9. The quantitative estimate of drug-likeness (QED) is 0.436. The number of aromatic nitrogens is 3. The van der Waals surface area contributed by atoms with Crippen molar-refractivity contribution in [3.05, 3.63) is 47.5 Å². The van der Waals surface area contributed by atoms with Crippen molar-refractivity contribution < 1.29 is 13.9 Å². The Bertz CT molecular complexity index is 1300. The number of fused-ring (bicyclic) bond motifs is 2. The van der Waals surface area contributed by atoms with E-state index in [4.69, 9.17) is 9.72 Å². The molecule has 4 rings (SSSR count). The molecule has 2 aromatic heterocycles. The van der Waals surface area contributed by atoms with Crippen LogP contribution in [0.2, 0.25) is 5.11 Å². The first-order valence-corrected chi connectivity index (χ1v) is 10.8. The smallest absolute Gasteiger partial charge is 0.256 e. The summed E-state index contributed by atoms with van der Waals surface area (Å²) in [6.45, 7) is 2.01. The van der Waals surface area contributed by atoms with E-state index in [1.165, 1.54) is 22.8 Å². The van der Waals surface area contributed by atoms with E-state index in [2.05, 4.69) is 34.0 Å². The Morgan fingerprint density at radius 3 is 2.67 bits per heavy atom. The maximum Gasteiger partial charge on any atom is 0.256 e. The third kappa shape index (κ3) is 3.75. The van der Waals surface area contributed by atoms with Crippen LogP contribution in [0.25, 0.3) is 5.65 Å². The fourth-order valence-electron chi connectivity index (χ4n) is 3.72. The summed E-state index contributed by atoms with van der Waals surface area (Å²) in [7, 11) is 10.2. The van der Waals surface area contributed by atoms with Crippen LogP contribution in [-0.4, -0.2) is 77.7 Å². The molecule has 0 aliphatic carbocycles. The van der Waals surface area contributed by atoms with Gasteiger partial charge in [-0.2, -0.15) is 10.4 Å². The molecular formula is C19H22B5FN6O2. The van der Waals surface area contributed by atoms with E-state index in [1.54, 1.807) is 19.2 Å². The van der Waals surface area contributed by atoms with Crippen molar-refractivity contribution >= 4 is 62.3 Å². The van der Waals surface area contributed by atoms with Crippen LogP contribution in [0.4, 0.5) is 15.9 Å². The number of carbonyl (C=O) groups excluding carboxylic acids is 1. The van der Waals surface area contributed by atoms with Crippen LogP contribution in [0.15, 0.2) is 30.6 Å². The van der Waals surface area contributed by atoms with E-state index < -0.39 is 17.3 Å². The SMILES string of the molecule is BC(B)(B)C(B)(B)N1c2ccn3ncc(c3n2)C(=O)NC[C@H](C)Oc2ccc(F)c(C#N)c21. The average Bonchev–Trinajstić information content (AvgIpc) is 3.16. The molecule has 0 saturated carbocycles. The summed E-state index contributed by atoms with van der Waals surface area (Å²) in [4.78, 5) is 19.4. The van der Waals surface area contributed by atoms with Crippen LogP contribution in [0.1, 0.15) is 22.8 Å². The van der Waals surface area contributed by atoms with Crippen LogP contribution in [-0.2, 0) is 0 Å². The van der Waals surface area contributed by atoms with Crippen molar-refractivity contribution in [1.82, 2.24) is 19.9 Å². The first-order chi connectivity index (χ1) is 15.5. The highest BCUT2D eigenvalue weighted by atomic mass is 19.1. The largest absolute Gasteiger partial charge is 0.487 e. The van der Waals surface area contributed by atoms with E-state index in [-0.39, 0.29) is 23.1 Å². The molecule has 0 saturated heterocycles. The van der Waals surface area contributed by atoms with Crippen LogP contribution >= 0.6 is 0 Å². The number of benzene rings is 1. The zero-order valence-electron chi connectivity index (χ0n) is 19.6. The van der Waals surface area contributed by atoms with Crippen LogP contribution in [0.5, 0.6) is 5.75 Å². The molecule has 3 heterocycles. The van der Waals surface area contributed by atoms with Crippen molar-refractivity contribution in [2.45, 2.75) is 23.5 Å². The van der Waals surface area contributed by atoms with Crippen molar-refractivity contribution in [1.29, 1.82) is 5.26 Å². The van der Waals surface area contributed by atoms with Gasteiger partial charge in [-0.3, -0.25) is 4.79 Å². The second-order valence-electron chi connectivity index (χ2n) is 9.78. The molecular weight excluding hydrogens is 417 g/mol. The molecule has 1 aliphatic heterocycles. The molecule has 2 bridgehead atoms. The minimum Gasteiger partial charge on any atom is -0.487 e. The van der Waals surface area contributed by atoms with Gasteiger partial charge in [-0.05, 0) is 30.5 Å². The van der Waals surface area contributed by atoms with Crippen molar-refractivity contribution in [2.24, 2.45) is 0 Å². The molecule has 162 valence electrons. The second-order valence-corrected chi connectivity index (χ2v) is 9.78. The van der Waals surface area contributed by atoms with Gasteiger partial charge >= 0.3 is 0 Å². The molecule has 1 N–H and O–H groups in total. The molecule has 3 aromatic rings. The number of hydrogen-bond donors (Lipinski definition) is 1. The molecule has 1 aliphatic rings. The van der Waals surface area contributed by atoms with E-state index in [1.807, 2.05) is 26.7 Å². The summed E-state index contributed by atoms with van der Waals surface area (Å²) in [6, 6.07) is 6.50. The Labute approximate surface area is 195 Å². The van der Waals surface area contributed by atoms with Gasteiger partial charge in [0.2, 0.25) is 0 Å². The average molecular weight is 439 g/mol. The number of carbonyl (C=O) groups is 1. The van der Waals surface area contributed by atoms with E-state index >= 15 is 0 Å². The fraction of sp³-hybridized carbons (Fsp3) is 0.263. The van der Waals surface area contributed by atoms with Crippen LogP contribution < -0.4 is 15.0 Å².